The lowest BCUT2D eigenvalue weighted by atomic mass is 10.1. The second-order valence-electron chi connectivity index (χ2n) is 5.42. The highest BCUT2D eigenvalue weighted by Gasteiger charge is 2.12. The van der Waals surface area contributed by atoms with Gasteiger partial charge < -0.3 is 5.32 Å². The van der Waals surface area contributed by atoms with Crippen molar-refractivity contribution in [3.05, 3.63) is 67.7 Å². The Morgan fingerprint density at radius 1 is 1.22 bits per heavy atom. The van der Waals surface area contributed by atoms with Crippen molar-refractivity contribution in [1.29, 1.82) is 0 Å². The first-order valence-corrected chi connectivity index (χ1v) is 8.34. The average molecular weight is 409 g/mol. The van der Waals surface area contributed by atoms with E-state index in [0.29, 0.717) is 11.1 Å². The SMILES string of the molecule is Cc1ccc(C=NNC(=O)CC(=O)Nc2cccc(Cl)c2Cl)cc1[N+](=O)[O-]. The number of nitrogens with one attached hydrogen (secondary N) is 2. The molecule has 0 unspecified atom stereocenters. The monoisotopic (exact) mass is 408 g/mol. The molecule has 140 valence electrons. The third-order valence-corrected chi connectivity index (χ3v) is 4.20. The number of hydrogen-bond donors (Lipinski definition) is 2. The zero-order chi connectivity index (χ0) is 20.0. The molecule has 0 bridgehead atoms. The van der Waals surface area contributed by atoms with Crippen LogP contribution in [0.1, 0.15) is 17.5 Å². The number of nitrogens with zero attached hydrogens (tertiary/aromatic N) is 2. The summed E-state index contributed by atoms with van der Waals surface area (Å²) in [5, 5.41) is 17.5. The molecule has 0 aromatic heterocycles. The maximum atomic E-state index is 11.9. The van der Waals surface area contributed by atoms with Crippen LogP contribution in [0.4, 0.5) is 11.4 Å². The van der Waals surface area contributed by atoms with Crippen molar-refractivity contribution in [1.82, 2.24) is 5.43 Å². The van der Waals surface area contributed by atoms with Gasteiger partial charge in [-0.25, -0.2) is 5.43 Å². The molecule has 0 saturated carbocycles. The highest BCUT2D eigenvalue weighted by atomic mass is 35.5. The van der Waals surface area contributed by atoms with Crippen molar-refractivity contribution in [2.45, 2.75) is 13.3 Å². The summed E-state index contributed by atoms with van der Waals surface area (Å²) in [6.45, 7) is 1.62. The summed E-state index contributed by atoms with van der Waals surface area (Å²) in [4.78, 5) is 34.0. The minimum Gasteiger partial charge on any atom is -0.324 e. The highest BCUT2D eigenvalue weighted by Crippen LogP contribution is 2.29. The number of rotatable bonds is 6. The van der Waals surface area contributed by atoms with E-state index in [1.165, 1.54) is 12.3 Å². The molecule has 0 saturated heterocycles. The Labute approximate surface area is 164 Å². The minimum atomic E-state index is -0.663. The van der Waals surface area contributed by atoms with Crippen molar-refractivity contribution in [2.75, 3.05) is 5.32 Å². The third kappa shape index (κ3) is 5.77. The molecule has 0 aliphatic rings. The number of amides is 2. The molecule has 0 radical (unpaired) electrons. The zero-order valence-corrected chi connectivity index (χ0v) is 15.5. The first-order valence-electron chi connectivity index (χ1n) is 7.58. The number of hydrogen-bond acceptors (Lipinski definition) is 5. The van der Waals surface area contributed by atoms with Crippen molar-refractivity contribution >= 4 is 52.6 Å². The van der Waals surface area contributed by atoms with Gasteiger partial charge in [0, 0.05) is 17.2 Å². The van der Waals surface area contributed by atoms with Gasteiger partial charge in [-0.2, -0.15) is 5.10 Å². The predicted molar refractivity (Wildman–Crippen MR) is 103 cm³/mol. The van der Waals surface area contributed by atoms with Crippen LogP contribution < -0.4 is 10.7 Å². The molecule has 0 atom stereocenters. The fraction of sp³-hybridized carbons (Fsp3) is 0.118. The van der Waals surface area contributed by atoms with Crippen LogP contribution in [-0.4, -0.2) is 23.0 Å². The Morgan fingerprint density at radius 2 is 1.96 bits per heavy atom. The van der Waals surface area contributed by atoms with E-state index in [0.717, 1.165) is 0 Å². The average Bonchev–Trinajstić information content (AvgIpc) is 2.60. The standard InChI is InChI=1S/C17H14Cl2N4O4/c1-10-5-6-11(7-14(10)23(26)27)9-20-22-16(25)8-15(24)21-13-4-2-3-12(18)17(13)19/h2-7,9H,8H2,1H3,(H,21,24)(H,22,25). The molecule has 2 amide bonds. The summed E-state index contributed by atoms with van der Waals surface area (Å²) in [6.07, 6.45) is 0.754. The summed E-state index contributed by atoms with van der Waals surface area (Å²) in [6, 6.07) is 9.24. The van der Waals surface area contributed by atoms with Crippen LogP contribution in [0, 0.1) is 17.0 Å². The molecule has 27 heavy (non-hydrogen) atoms. The third-order valence-electron chi connectivity index (χ3n) is 3.38. The highest BCUT2D eigenvalue weighted by molar-refractivity contribution is 6.44. The van der Waals surface area contributed by atoms with Crippen LogP contribution in [0.5, 0.6) is 0 Å². The van der Waals surface area contributed by atoms with Gasteiger partial charge in [-0.3, -0.25) is 19.7 Å². The Balaban J connectivity index is 1.91. The van der Waals surface area contributed by atoms with Crippen molar-refractivity contribution in [3.8, 4) is 0 Å². The van der Waals surface area contributed by atoms with Crippen LogP contribution in [0.25, 0.3) is 0 Å². The van der Waals surface area contributed by atoms with E-state index in [-0.39, 0.29) is 21.4 Å². The number of aryl methyl sites for hydroxylation is 1. The van der Waals surface area contributed by atoms with Gasteiger partial charge in [-0.15, -0.1) is 0 Å². The number of anilines is 1. The summed E-state index contributed by atoms with van der Waals surface area (Å²) in [5.41, 5.74) is 3.36. The molecule has 0 spiro atoms. The fourth-order valence-corrected chi connectivity index (χ4v) is 2.41. The van der Waals surface area contributed by atoms with E-state index in [4.69, 9.17) is 23.2 Å². The fourth-order valence-electron chi connectivity index (χ4n) is 2.06. The minimum absolute atomic E-state index is 0.0527. The maximum absolute atomic E-state index is 11.9. The Bertz CT molecular complexity index is 931. The molecule has 0 aliphatic heterocycles. The summed E-state index contributed by atoms with van der Waals surface area (Å²) in [7, 11) is 0. The molecule has 2 aromatic carbocycles. The Morgan fingerprint density at radius 3 is 2.67 bits per heavy atom. The van der Waals surface area contributed by atoms with E-state index < -0.39 is 23.2 Å². The summed E-state index contributed by atoms with van der Waals surface area (Å²) < 4.78 is 0. The zero-order valence-electron chi connectivity index (χ0n) is 14.0. The molecule has 2 aromatic rings. The largest absolute Gasteiger partial charge is 0.324 e. The van der Waals surface area contributed by atoms with Crippen LogP contribution in [0.3, 0.4) is 0 Å². The lowest BCUT2D eigenvalue weighted by molar-refractivity contribution is -0.385. The Hall–Kier alpha value is -2.97. The van der Waals surface area contributed by atoms with E-state index in [2.05, 4.69) is 15.8 Å². The quantitative estimate of drug-likeness (QED) is 0.328. The summed E-state index contributed by atoms with van der Waals surface area (Å²) in [5.74, 6) is -1.26. The van der Waals surface area contributed by atoms with Gasteiger partial charge in [-0.1, -0.05) is 41.4 Å². The number of nitro groups is 1. The van der Waals surface area contributed by atoms with Gasteiger partial charge in [0.25, 0.3) is 5.69 Å². The second kappa shape index (κ2) is 9.11. The van der Waals surface area contributed by atoms with Gasteiger partial charge in [0.1, 0.15) is 6.42 Å². The van der Waals surface area contributed by atoms with E-state index in [1.807, 2.05) is 0 Å². The summed E-state index contributed by atoms with van der Waals surface area (Å²) >= 11 is 11.8. The molecule has 0 heterocycles. The van der Waals surface area contributed by atoms with Crippen LogP contribution in [0.15, 0.2) is 41.5 Å². The molecule has 8 nitrogen and oxygen atoms in total. The van der Waals surface area contributed by atoms with Crippen molar-refractivity contribution in [2.24, 2.45) is 5.10 Å². The van der Waals surface area contributed by atoms with Gasteiger partial charge in [0.2, 0.25) is 11.8 Å². The predicted octanol–water partition coefficient (Wildman–Crippen LogP) is 3.69. The Kier molecular flexibility index (Phi) is 6.86. The van der Waals surface area contributed by atoms with Gasteiger partial charge in [0.05, 0.1) is 26.9 Å². The van der Waals surface area contributed by atoms with Crippen molar-refractivity contribution in [3.63, 3.8) is 0 Å². The number of hydrazone groups is 1. The van der Waals surface area contributed by atoms with Gasteiger partial charge >= 0.3 is 0 Å². The number of nitro benzene ring substituents is 1. The van der Waals surface area contributed by atoms with E-state index in [9.17, 15) is 19.7 Å². The van der Waals surface area contributed by atoms with Gasteiger partial charge in [-0.05, 0) is 19.1 Å². The first kappa shape index (κ1) is 20.3. The van der Waals surface area contributed by atoms with Crippen molar-refractivity contribution < 1.29 is 14.5 Å². The molecule has 0 fully saturated rings. The lowest BCUT2D eigenvalue weighted by Gasteiger charge is -2.07. The smallest absolute Gasteiger partial charge is 0.272 e. The number of benzene rings is 2. The number of carbonyl (C=O) groups excluding carboxylic acids is 2. The molecular formula is C17H14Cl2N4O4. The van der Waals surface area contributed by atoms with E-state index in [1.54, 1.807) is 37.3 Å². The molecule has 0 aliphatic carbocycles. The van der Waals surface area contributed by atoms with Crippen LogP contribution in [0.2, 0.25) is 10.0 Å². The number of halogens is 2. The van der Waals surface area contributed by atoms with Crippen LogP contribution >= 0.6 is 23.2 Å². The molecule has 10 heteroatoms. The first-order chi connectivity index (χ1) is 12.8. The normalized spacial score (nSPS) is 10.6. The topological polar surface area (TPSA) is 114 Å². The molecular weight excluding hydrogens is 395 g/mol. The molecule has 2 rings (SSSR count). The van der Waals surface area contributed by atoms with Crippen LogP contribution in [-0.2, 0) is 9.59 Å². The lowest BCUT2D eigenvalue weighted by Crippen LogP contribution is -2.24. The molecule has 2 N–H and O–H groups in total. The van der Waals surface area contributed by atoms with Gasteiger partial charge in [0.15, 0.2) is 0 Å². The maximum Gasteiger partial charge on any atom is 0.272 e. The number of carbonyl (C=O) groups is 2. The van der Waals surface area contributed by atoms with E-state index >= 15 is 0 Å². The second-order valence-corrected chi connectivity index (χ2v) is 6.21.